The average molecular weight is 294 g/mol. The summed E-state index contributed by atoms with van der Waals surface area (Å²) >= 11 is 11.9. The summed E-state index contributed by atoms with van der Waals surface area (Å²) < 4.78 is 0. The second kappa shape index (κ2) is 4.68. The standard InChI is InChI=1S/C12H9Cl2N5/c1-6-17-11-10(15-5-16-11)12(18-6)19-7-2-3-8(13)9(14)4-7/h2-5H,1H3,(H2,15,16,17,18,19). The number of H-pyrrole nitrogens is 1. The maximum Gasteiger partial charge on any atom is 0.163 e. The molecule has 2 aromatic heterocycles. The molecule has 0 aliphatic heterocycles. The van der Waals surface area contributed by atoms with Crippen LogP contribution < -0.4 is 5.32 Å². The second-order valence-electron chi connectivity index (χ2n) is 3.97. The van der Waals surface area contributed by atoms with Crippen LogP contribution in [0.4, 0.5) is 11.5 Å². The number of aromatic amines is 1. The lowest BCUT2D eigenvalue weighted by molar-refractivity contribution is 1.08. The van der Waals surface area contributed by atoms with Gasteiger partial charge >= 0.3 is 0 Å². The molecule has 0 amide bonds. The molecule has 1 aromatic carbocycles. The second-order valence-corrected chi connectivity index (χ2v) is 4.79. The Balaban J connectivity index is 2.04. The van der Waals surface area contributed by atoms with Gasteiger partial charge in [-0.05, 0) is 25.1 Å². The van der Waals surface area contributed by atoms with Crippen molar-refractivity contribution in [2.75, 3.05) is 5.32 Å². The Bertz CT molecular complexity index is 753. The third kappa shape index (κ3) is 2.34. The van der Waals surface area contributed by atoms with Crippen LogP contribution in [0, 0.1) is 6.92 Å². The van der Waals surface area contributed by atoms with E-state index >= 15 is 0 Å². The zero-order valence-corrected chi connectivity index (χ0v) is 11.4. The van der Waals surface area contributed by atoms with E-state index in [0.717, 1.165) is 5.69 Å². The lowest BCUT2D eigenvalue weighted by Gasteiger charge is -2.07. The Labute approximate surface area is 119 Å². The highest BCUT2D eigenvalue weighted by Crippen LogP contribution is 2.28. The van der Waals surface area contributed by atoms with Crippen LogP contribution in [0.1, 0.15) is 5.82 Å². The molecular weight excluding hydrogens is 285 g/mol. The van der Waals surface area contributed by atoms with Crippen molar-refractivity contribution in [3.05, 3.63) is 40.4 Å². The summed E-state index contributed by atoms with van der Waals surface area (Å²) in [7, 11) is 0. The molecule has 0 aliphatic rings. The van der Waals surface area contributed by atoms with E-state index in [1.165, 1.54) is 0 Å². The van der Waals surface area contributed by atoms with Gasteiger partial charge in [-0.2, -0.15) is 0 Å². The van der Waals surface area contributed by atoms with E-state index in [0.29, 0.717) is 32.9 Å². The zero-order chi connectivity index (χ0) is 13.4. The molecule has 0 saturated heterocycles. The Morgan fingerprint density at radius 3 is 2.79 bits per heavy atom. The third-order valence-electron chi connectivity index (χ3n) is 2.57. The van der Waals surface area contributed by atoms with Crippen molar-refractivity contribution >= 4 is 45.9 Å². The first-order chi connectivity index (χ1) is 9.13. The third-order valence-corrected chi connectivity index (χ3v) is 3.31. The molecular formula is C12H9Cl2N5. The fourth-order valence-corrected chi connectivity index (χ4v) is 2.04. The molecule has 3 aromatic rings. The first kappa shape index (κ1) is 12.2. The quantitative estimate of drug-likeness (QED) is 0.756. The summed E-state index contributed by atoms with van der Waals surface area (Å²) in [5.41, 5.74) is 2.16. The highest BCUT2D eigenvalue weighted by atomic mass is 35.5. The van der Waals surface area contributed by atoms with Crippen molar-refractivity contribution in [2.45, 2.75) is 6.92 Å². The first-order valence-electron chi connectivity index (χ1n) is 5.53. The number of rotatable bonds is 2. The number of hydrogen-bond donors (Lipinski definition) is 2. The van der Waals surface area contributed by atoms with Crippen molar-refractivity contribution in [3.8, 4) is 0 Å². The Morgan fingerprint density at radius 1 is 1.16 bits per heavy atom. The maximum absolute atomic E-state index is 5.98. The predicted molar refractivity (Wildman–Crippen MR) is 76.2 cm³/mol. The minimum atomic E-state index is 0.482. The van der Waals surface area contributed by atoms with Crippen LogP contribution in [0.5, 0.6) is 0 Å². The van der Waals surface area contributed by atoms with Gasteiger partial charge in [0.25, 0.3) is 0 Å². The van der Waals surface area contributed by atoms with E-state index in [1.807, 2.05) is 13.0 Å². The van der Waals surface area contributed by atoms with Crippen molar-refractivity contribution < 1.29 is 0 Å². The van der Waals surface area contributed by atoms with Gasteiger partial charge in [0.05, 0.1) is 16.4 Å². The normalized spacial score (nSPS) is 10.9. The van der Waals surface area contributed by atoms with Crippen molar-refractivity contribution in [1.82, 2.24) is 19.9 Å². The number of anilines is 2. The van der Waals surface area contributed by atoms with Crippen LogP contribution in [0.15, 0.2) is 24.5 Å². The number of nitrogens with zero attached hydrogens (tertiary/aromatic N) is 3. The van der Waals surface area contributed by atoms with Crippen LogP contribution in [0.2, 0.25) is 10.0 Å². The molecule has 0 atom stereocenters. The van der Waals surface area contributed by atoms with Crippen LogP contribution in [0.3, 0.4) is 0 Å². The molecule has 2 heterocycles. The summed E-state index contributed by atoms with van der Waals surface area (Å²) in [5.74, 6) is 1.28. The van der Waals surface area contributed by atoms with E-state index in [1.54, 1.807) is 18.5 Å². The van der Waals surface area contributed by atoms with E-state index in [2.05, 4.69) is 25.3 Å². The molecule has 3 rings (SSSR count). The molecule has 0 spiro atoms. The molecule has 0 bridgehead atoms. The van der Waals surface area contributed by atoms with E-state index in [4.69, 9.17) is 23.2 Å². The Kier molecular flexibility index (Phi) is 3.00. The molecule has 19 heavy (non-hydrogen) atoms. The largest absolute Gasteiger partial charge is 0.338 e. The molecule has 0 fully saturated rings. The topological polar surface area (TPSA) is 66.5 Å². The molecule has 0 saturated carbocycles. The van der Waals surface area contributed by atoms with E-state index in [9.17, 15) is 0 Å². The van der Waals surface area contributed by atoms with Crippen LogP contribution >= 0.6 is 23.2 Å². The SMILES string of the molecule is Cc1nc(Nc2ccc(Cl)c(Cl)c2)c2nc[nH]c2n1. The summed E-state index contributed by atoms with van der Waals surface area (Å²) in [5, 5.41) is 4.16. The fourth-order valence-electron chi connectivity index (χ4n) is 1.75. The number of benzene rings is 1. The summed E-state index contributed by atoms with van der Waals surface area (Å²) in [6.45, 7) is 1.82. The van der Waals surface area contributed by atoms with Gasteiger partial charge < -0.3 is 10.3 Å². The van der Waals surface area contributed by atoms with Gasteiger partial charge in [-0.25, -0.2) is 15.0 Å². The smallest absolute Gasteiger partial charge is 0.163 e. The number of imidazole rings is 1. The summed E-state index contributed by atoms with van der Waals surface area (Å²) in [6.07, 6.45) is 1.58. The maximum atomic E-state index is 5.98. The van der Waals surface area contributed by atoms with Gasteiger partial charge in [0.2, 0.25) is 0 Å². The Morgan fingerprint density at radius 2 is 2.00 bits per heavy atom. The van der Waals surface area contributed by atoms with Crippen molar-refractivity contribution in [1.29, 1.82) is 0 Å². The number of hydrogen-bond acceptors (Lipinski definition) is 4. The molecule has 0 radical (unpaired) electrons. The summed E-state index contributed by atoms with van der Waals surface area (Å²) in [6, 6.07) is 5.28. The monoisotopic (exact) mass is 293 g/mol. The number of nitrogens with one attached hydrogen (secondary N) is 2. The van der Waals surface area contributed by atoms with Gasteiger partial charge in [0, 0.05) is 5.69 Å². The predicted octanol–water partition coefficient (Wildman–Crippen LogP) is 3.71. The molecule has 0 aliphatic carbocycles. The minimum absolute atomic E-state index is 0.482. The van der Waals surface area contributed by atoms with Crippen molar-refractivity contribution in [3.63, 3.8) is 0 Å². The lowest BCUT2D eigenvalue weighted by Crippen LogP contribution is -1.98. The highest BCUT2D eigenvalue weighted by molar-refractivity contribution is 6.42. The number of fused-ring (bicyclic) bond motifs is 1. The van der Waals surface area contributed by atoms with Crippen LogP contribution in [-0.2, 0) is 0 Å². The lowest BCUT2D eigenvalue weighted by atomic mass is 10.3. The van der Waals surface area contributed by atoms with Crippen LogP contribution in [-0.4, -0.2) is 19.9 Å². The fraction of sp³-hybridized carbons (Fsp3) is 0.0833. The molecule has 7 heteroatoms. The molecule has 2 N–H and O–H groups in total. The molecule has 5 nitrogen and oxygen atoms in total. The number of halogens is 2. The molecule has 96 valence electrons. The van der Waals surface area contributed by atoms with Gasteiger partial charge in [0.15, 0.2) is 17.0 Å². The zero-order valence-electron chi connectivity index (χ0n) is 9.91. The summed E-state index contributed by atoms with van der Waals surface area (Å²) in [4.78, 5) is 15.7. The number of aromatic nitrogens is 4. The van der Waals surface area contributed by atoms with Gasteiger partial charge in [-0.15, -0.1) is 0 Å². The average Bonchev–Trinajstić information content (AvgIpc) is 2.82. The van der Waals surface area contributed by atoms with Gasteiger partial charge in [0.1, 0.15) is 5.82 Å². The van der Waals surface area contributed by atoms with Gasteiger partial charge in [-0.1, -0.05) is 23.2 Å². The van der Waals surface area contributed by atoms with E-state index in [-0.39, 0.29) is 0 Å². The van der Waals surface area contributed by atoms with E-state index < -0.39 is 0 Å². The molecule has 0 unspecified atom stereocenters. The minimum Gasteiger partial charge on any atom is -0.338 e. The van der Waals surface area contributed by atoms with Crippen molar-refractivity contribution in [2.24, 2.45) is 0 Å². The Hall–Kier alpha value is -1.85. The number of aryl methyl sites for hydroxylation is 1. The van der Waals surface area contributed by atoms with Gasteiger partial charge in [-0.3, -0.25) is 0 Å². The highest BCUT2D eigenvalue weighted by Gasteiger charge is 2.09. The van der Waals surface area contributed by atoms with Crippen LogP contribution in [0.25, 0.3) is 11.2 Å². The first-order valence-corrected chi connectivity index (χ1v) is 6.29.